The zero-order valence-corrected chi connectivity index (χ0v) is 14.8. The number of pyridine rings is 1. The first-order chi connectivity index (χ1) is 12.6. The summed E-state index contributed by atoms with van der Waals surface area (Å²) in [7, 11) is 0. The van der Waals surface area contributed by atoms with Crippen molar-refractivity contribution >= 4 is 5.91 Å². The highest BCUT2D eigenvalue weighted by Crippen LogP contribution is 2.23. The molecular formula is C19H24FN5O. The molecule has 0 saturated carbocycles. The van der Waals surface area contributed by atoms with E-state index in [-0.39, 0.29) is 17.8 Å². The van der Waals surface area contributed by atoms with Gasteiger partial charge in [0.15, 0.2) is 0 Å². The number of hydrogen-bond donors (Lipinski definition) is 4. The molecule has 2 aromatic rings. The van der Waals surface area contributed by atoms with Gasteiger partial charge in [-0.3, -0.25) is 15.2 Å². The Hall–Kier alpha value is -2.35. The van der Waals surface area contributed by atoms with E-state index in [1.54, 1.807) is 25.3 Å². The summed E-state index contributed by atoms with van der Waals surface area (Å²) in [5, 5.41) is 6.17. The summed E-state index contributed by atoms with van der Waals surface area (Å²) in [4.78, 5) is 16.2. The van der Waals surface area contributed by atoms with Crippen molar-refractivity contribution < 1.29 is 9.18 Å². The predicted octanol–water partition coefficient (Wildman–Crippen LogP) is 1.31. The molecule has 7 heteroatoms. The van der Waals surface area contributed by atoms with E-state index in [9.17, 15) is 9.18 Å². The summed E-state index contributed by atoms with van der Waals surface area (Å²) in [5.74, 6) is -0.234. The minimum Gasteiger partial charge on any atom is -0.351 e. The van der Waals surface area contributed by atoms with E-state index in [0.717, 1.165) is 18.7 Å². The van der Waals surface area contributed by atoms with Gasteiger partial charge in [0.2, 0.25) is 0 Å². The fourth-order valence-corrected chi connectivity index (χ4v) is 3.03. The maximum atomic E-state index is 13.5. The lowest BCUT2D eigenvalue weighted by Gasteiger charge is -2.19. The zero-order valence-electron chi connectivity index (χ0n) is 14.8. The number of nitrogens with one attached hydrogen (secondary N) is 4. The molecule has 2 heterocycles. The third-order valence-electron chi connectivity index (χ3n) is 4.56. The Labute approximate surface area is 152 Å². The van der Waals surface area contributed by atoms with Gasteiger partial charge in [-0.25, -0.2) is 9.82 Å². The van der Waals surface area contributed by atoms with E-state index in [1.165, 1.54) is 6.07 Å². The van der Waals surface area contributed by atoms with Crippen molar-refractivity contribution in [3.63, 3.8) is 0 Å². The van der Waals surface area contributed by atoms with Crippen molar-refractivity contribution in [2.75, 3.05) is 26.2 Å². The molecule has 0 spiro atoms. The number of nitrogens with zero attached hydrogens (tertiary/aromatic N) is 1. The summed E-state index contributed by atoms with van der Waals surface area (Å²) in [6.45, 7) is 4.48. The van der Waals surface area contributed by atoms with Gasteiger partial charge in [-0.05, 0) is 36.2 Å². The van der Waals surface area contributed by atoms with Crippen molar-refractivity contribution in [1.82, 2.24) is 26.5 Å². The van der Waals surface area contributed by atoms with Gasteiger partial charge in [0, 0.05) is 50.1 Å². The highest BCUT2D eigenvalue weighted by Gasteiger charge is 2.27. The smallest absolute Gasteiger partial charge is 0.251 e. The minimum atomic E-state index is -0.363. The number of carbonyl (C=O) groups is 1. The Morgan fingerprint density at radius 2 is 2.23 bits per heavy atom. The van der Waals surface area contributed by atoms with Gasteiger partial charge in [0.05, 0.1) is 6.04 Å². The van der Waals surface area contributed by atoms with Crippen molar-refractivity contribution in [1.29, 1.82) is 0 Å². The van der Waals surface area contributed by atoms with Gasteiger partial charge < -0.3 is 10.6 Å². The minimum absolute atomic E-state index is 0.210. The lowest BCUT2D eigenvalue weighted by molar-refractivity contribution is 0.0953. The van der Waals surface area contributed by atoms with Gasteiger partial charge in [-0.2, -0.15) is 0 Å². The monoisotopic (exact) mass is 357 g/mol. The van der Waals surface area contributed by atoms with Crippen LogP contribution < -0.4 is 21.5 Å². The lowest BCUT2D eigenvalue weighted by Crippen LogP contribution is -2.35. The number of aromatic nitrogens is 1. The summed E-state index contributed by atoms with van der Waals surface area (Å²) in [6.07, 6.45) is 3.64. The number of halogens is 1. The maximum absolute atomic E-state index is 13.5. The maximum Gasteiger partial charge on any atom is 0.251 e. The molecule has 138 valence electrons. The van der Waals surface area contributed by atoms with Crippen molar-refractivity contribution in [2.45, 2.75) is 13.0 Å². The molecule has 4 N–H and O–H groups in total. The largest absolute Gasteiger partial charge is 0.351 e. The first kappa shape index (κ1) is 18.4. The predicted molar refractivity (Wildman–Crippen MR) is 97.9 cm³/mol. The lowest BCUT2D eigenvalue weighted by atomic mass is 9.96. The average Bonchev–Trinajstić information content (AvgIpc) is 3.13. The molecule has 0 aliphatic carbocycles. The first-order valence-corrected chi connectivity index (χ1v) is 8.78. The van der Waals surface area contributed by atoms with Crippen LogP contribution in [0.5, 0.6) is 0 Å². The second-order valence-corrected chi connectivity index (χ2v) is 6.47. The Balaban J connectivity index is 1.40. The Morgan fingerprint density at radius 1 is 1.35 bits per heavy atom. The van der Waals surface area contributed by atoms with E-state index in [4.69, 9.17) is 0 Å². The Morgan fingerprint density at radius 3 is 3.00 bits per heavy atom. The quantitative estimate of drug-likeness (QED) is 0.562. The molecule has 2 unspecified atom stereocenters. The van der Waals surface area contributed by atoms with Gasteiger partial charge in [-0.15, -0.1) is 0 Å². The molecule has 26 heavy (non-hydrogen) atoms. The van der Waals surface area contributed by atoms with Crippen LogP contribution in [0.2, 0.25) is 0 Å². The molecule has 1 aromatic carbocycles. The van der Waals surface area contributed by atoms with Crippen LogP contribution in [0.1, 0.15) is 27.5 Å². The SMILES string of the molecule is Cc1ccc(C(=O)NCCNCC2CNNC2c2cccnc2)cc1F. The van der Waals surface area contributed by atoms with Crippen molar-refractivity contribution in [2.24, 2.45) is 5.92 Å². The second-order valence-electron chi connectivity index (χ2n) is 6.47. The van der Waals surface area contributed by atoms with Crippen LogP contribution in [0, 0.1) is 18.7 Å². The third-order valence-corrected chi connectivity index (χ3v) is 4.56. The summed E-state index contributed by atoms with van der Waals surface area (Å²) >= 11 is 0. The van der Waals surface area contributed by atoms with Crippen LogP contribution in [0.3, 0.4) is 0 Å². The third kappa shape index (κ3) is 4.63. The molecule has 1 aromatic heterocycles. The van der Waals surface area contributed by atoms with Crippen LogP contribution in [-0.2, 0) is 0 Å². The van der Waals surface area contributed by atoms with Crippen LogP contribution in [0.4, 0.5) is 4.39 Å². The molecule has 1 amide bonds. The topological polar surface area (TPSA) is 78.1 Å². The zero-order chi connectivity index (χ0) is 18.4. The summed E-state index contributed by atoms with van der Waals surface area (Å²) < 4.78 is 13.5. The molecule has 1 saturated heterocycles. The van der Waals surface area contributed by atoms with Crippen LogP contribution >= 0.6 is 0 Å². The molecular weight excluding hydrogens is 333 g/mol. The standard InChI is InChI=1S/C19H24FN5O/c1-13-4-5-14(9-17(13)20)19(26)23-8-7-22-11-16-12-24-25-18(16)15-3-2-6-21-10-15/h2-6,9-10,16,18,22,24-25H,7-8,11-12H2,1H3,(H,23,26). The Kier molecular flexibility index (Phi) is 6.27. The van der Waals surface area contributed by atoms with Crippen LogP contribution in [0.25, 0.3) is 0 Å². The van der Waals surface area contributed by atoms with E-state index in [1.807, 2.05) is 12.3 Å². The van der Waals surface area contributed by atoms with Gasteiger partial charge in [0.25, 0.3) is 5.91 Å². The highest BCUT2D eigenvalue weighted by molar-refractivity contribution is 5.94. The molecule has 0 bridgehead atoms. The molecule has 1 fully saturated rings. The molecule has 3 rings (SSSR count). The number of amides is 1. The molecule has 1 aliphatic rings. The van der Waals surface area contributed by atoms with Crippen LogP contribution in [-0.4, -0.2) is 37.1 Å². The second kappa shape index (κ2) is 8.84. The molecule has 0 radical (unpaired) electrons. The van der Waals surface area contributed by atoms with Gasteiger partial charge in [-0.1, -0.05) is 12.1 Å². The van der Waals surface area contributed by atoms with E-state index in [0.29, 0.717) is 30.1 Å². The summed E-state index contributed by atoms with van der Waals surface area (Å²) in [6, 6.07) is 8.72. The van der Waals surface area contributed by atoms with Gasteiger partial charge >= 0.3 is 0 Å². The Bertz CT molecular complexity index is 740. The number of benzene rings is 1. The van der Waals surface area contributed by atoms with E-state index < -0.39 is 0 Å². The van der Waals surface area contributed by atoms with E-state index >= 15 is 0 Å². The summed E-state index contributed by atoms with van der Waals surface area (Å²) in [5.41, 5.74) is 8.49. The number of hydrazine groups is 1. The van der Waals surface area contributed by atoms with Crippen LogP contribution in [0.15, 0.2) is 42.7 Å². The number of hydrogen-bond acceptors (Lipinski definition) is 5. The molecule has 2 atom stereocenters. The van der Waals surface area contributed by atoms with Gasteiger partial charge in [0.1, 0.15) is 5.82 Å². The average molecular weight is 357 g/mol. The number of carbonyl (C=O) groups excluding carboxylic acids is 1. The number of aryl methyl sites for hydroxylation is 1. The van der Waals surface area contributed by atoms with E-state index in [2.05, 4.69) is 32.5 Å². The normalized spacial score (nSPS) is 19.5. The fraction of sp³-hybridized carbons (Fsp3) is 0.368. The molecule has 6 nitrogen and oxygen atoms in total. The van der Waals surface area contributed by atoms with Crippen molar-refractivity contribution in [3.8, 4) is 0 Å². The van der Waals surface area contributed by atoms with Crippen molar-refractivity contribution in [3.05, 3.63) is 65.2 Å². The highest BCUT2D eigenvalue weighted by atomic mass is 19.1. The first-order valence-electron chi connectivity index (χ1n) is 8.78. The molecule has 1 aliphatic heterocycles. The fourth-order valence-electron chi connectivity index (χ4n) is 3.03. The number of rotatable bonds is 7.